The number of hydrogen-bond acceptors (Lipinski definition) is 2. The minimum absolute atomic E-state index is 0.0139. The summed E-state index contributed by atoms with van der Waals surface area (Å²) in [4.78, 5) is 3.88. The van der Waals surface area contributed by atoms with Crippen molar-refractivity contribution in [2.75, 3.05) is 0 Å². The fraction of sp³-hybridized carbons (Fsp3) is 0. The lowest BCUT2D eigenvalue weighted by atomic mass is 10.2. The molecule has 0 aliphatic carbocycles. The maximum absolute atomic E-state index is 12.9. The van der Waals surface area contributed by atoms with Crippen molar-refractivity contribution in [3.8, 4) is 5.75 Å². The summed E-state index contributed by atoms with van der Waals surface area (Å²) >= 11 is 5.76. The summed E-state index contributed by atoms with van der Waals surface area (Å²) in [5.74, 6) is -1.44. The van der Waals surface area contributed by atoms with Crippen molar-refractivity contribution in [1.29, 1.82) is 0 Å². The predicted molar refractivity (Wildman–Crippen MR) is 66.7 cm³/mol. The fourth-order valence-electron chi connectivity index (χ4n) is 1.39. The number of aliphatic imine (C=N–C) groups is 1. The highest BCUT2D eigenvalue weighted by atomic mass is 35.5. The van der Waals surface area contributed by atoms with E-state index in [-0.39, 0.29) is 11.4 Å². The van der Waals surface area contributed by atoms with E-state index in [1.807, 2.05) is 0 Å². The number of benzene rings is 2. The van der Waals surface area contributed by atoms with Crippen molar-refractivity contribution in [2.24, 2.45) is 4.99 Å². The Bertz CT molecular complexity index is 594. The van der Waals surface area contributed by atoms with Crippen LogP contribution in [-0.2, 0) is 0 Å². The Morgan fingerprint density at radius 1 is 1.06 bits per heavy atom. The quantitative estimate of drug-likeness (QED) is 0.817. The van der Waals surface area contributed by atoms with Gasteiger partial charge in [-0.1, -0.05) is 11.6 Å². The molecule has 2 aromatic carbocycles. The second kappa shape index (κ2) is 5.14. The van der Waals surface area contributed by atoms with Crippen LogP contribution in [0.5, 0.6) is 5.75 Å². The maximum atomic E-state index is 12.9. The molecule has 0 fully saturated rings. The van der Waals surface area contributed by atoms with Gasteiger partial charge in [-0.25, -0.2) is 8.78 Å². The molecule has 2 aromatic rings. The van der Waals surface area contributed by atoms with Crippen LogP contribution in [0.2, 0.25) is 5.02 Å². The molecule has 2 nitrogen and oxygen atoms in total. The van der Waals surface area contributed by atoms with Crippen LogP contribution in [0, 0.1) is 11.6 Å². The molecule has 0 saturated heterocycles. The molecule has 0 aromatic heterocycles. The first-order valence-corrected chi connectivity index (χ1v) is 5.41. The fourth-order valence-corrected chi connectivity index (χ4v) is 1.57. The van der Waals surface area contributed by atoms with E-state index < -0.39 is 11.6 Å². The third-order valence-corrected chi connectivity index (χ3v) is 2.42. The average Bonchev–Trinajstić information content (AvgIpc) is 2.29. The van der Waals surface area contributed by atoms with Gasteiger partial charge < -0.3 is 5.11 Å². The third kappa shape index (κ3) is 3.05. The number of nitrogens with zero attached hydrogens (tertiary/aromatic N) is 1. The van der Waals surface area contributed by atoms with Crippen LogP contribution in [0.15, 0.2) is 41.4 Å². The Morgan fingerprint density at radius 3 is 2.39 bits per heavy atom. The molecule has 0 aliphatic rings. The van der Waals surface area contributed by atoms with E-state index in [1.54, 1.807) is 0 Å². The first-order valence-electron chi connectivity index (χ1n) is 5.03. The predicted octanol–water partition coefficient (Wildman–Crippen LogP) is 4.07. The third-order valence-electron chi connectivity index (χ3n) is 2.19. The molecule has 0 radical (unpaired) electrons. The van der Waals surface area contributed by atoms with Crippen molar-refractivity contribution in [1.82, 2.24) is 0 Å². The molecular formula is C13H8ClF2NO. The van der Waals surface area contributed by atoms with Gasteiger partial charge in [-0.15, -0.1) is 0 Å². The van der Waals surface area contributed by atoms with Crippen LogP contribution in [0.1, 0.15) is 5.56 Å². The Morgan fingerprint density at radius 2 is 1.72 bits per heavy atom. The Kier molecular flexibility index (Phi) is 3.58. The molecule has 0 spiro atoms. The zero-order chi connectivity index (χ0) is 13.1. The van der Waals surface area contributed by atoms with Gasteiger partial charge in [-0.2, -0.15) is 0 Å². The summed E-state index contributed by atoms with van der Waals surface area (Å²) in [6.45, 7) is 0. The summed E-state index contributed by atoms with van der Waals surface area (Å²) in [5.41, 5.74) is 0.485. The van der Waals surface area contributed by atoms with E-state index in [4.69, 9.17) is 11.6 Å². The van der Waals surface area contributed by atoms with Crippen LogP contribution in [0.25, 0.3) is 0 Å². The van der Waals surface area contributed by atoms with Crippen LogP contribution < -0.4 is 0 Å². The molecule has 0 heterocycles. The molecule has 0 bridgehead atoms. The SMILES string of the molecule is Oc1ccc(Cl)cc1C=Nc1cc(F)cc(F)c1. The lowest BCUT2D eigenvalue weighted by Gasteiger charge is -1.99. The normalized spacial score (nSPS) is 11.1. The molecule has 1 N–H and O–H groups in total. The number of phenols is 1. The monoisotopic (exact) mass is 267 g/mol. The van der Waals surface area contributed by atoms with Crippen molar-refractivity contribution in [3.63, 3.8) is 0 Å². The lowest BCUT2D eigenvalue weighted by molar-refractivity contribution is 0.474. The van der Waals surface area contributed by atoms with E-state index in [0.717, 1.165) is 18.2 Å². The standard InChI is InChI=1S/C13H8ClF2NO/c14-9-1-2-13(18)8(3-9)7-17-12-5-10(15)4-11(16)6-12/h1-7,18H. The van der Waals surface area contributed by atoms with Gasteiger partial charge in [0.05, 0.1) is 5.69 Å². The molecule has 0 amide bonds. The highest BCUT2D eigenvalue weighted by Crippen LogP contribution is 2.21. The molecular weight excluding hydrogens is 260 g/mol. The second-order valence-corrected chi connectivity index (χ2v) is 4.03. The zero-order valence-corrected chi connectivity index (χ0v) is 9.83. The number of rotatable bonds is 2. The van der Waals surface area contributed by atoms with Gasteiger partial charge in [-0.05, 0) is 30.3 Å². The molecule has 0 unspecified atom stereocenters. The van der Waals surface area contributed by atoms with Gasteiger partial charge in [-0.3, -0.25) is 4.99 Å². The summed E-state index contributed by atoms with van der Waals surface area (Å²) in [5, 5.41) is 9.95. The Balaban J connectivity index is 2.32. The van der Waals surface area contributed by atoms with Crippen molar-refractivity contribution >= 4 is 23.5 Å². The van der Waals surface area contributed by atoms with E-state index in [1.165, 1.54) is 24.4 Å². The minimum atomic E-state index is -0.711. The Hall–Kier alpha value is -1.94. The average molecular weight is 268 g/mol. The smallest absolute Gasteiger partial charge is 0.128 e. The minimum Gasteiger partial charge on any atom is -0.507 e. The van der Waals surface area contributed by atoms with Crippen LogP contribution in [0.4, 0.5) is 14.5 Å². The largest absolute Gasteiger partial charge is 0.507 e. The van der Waals surface area contributed by atoms with Crippen molar-refractivity contribution in [2.45, 2.75) is 0 Å². The van der Waals surface area contributed by atoms with Gasteiger partial charge >= 0.3 is 0 Å². The topological polar surface area (TPSA) is 32.6 Å². The zero-order valence-electron chi connectivity index (χ0n) is 9.07. The van der Waals surface area contributed by atoms with E-state index in [9.17, 15) is 13.9 Å². The highest BCUT2D eigenvalue weighted by molar-refractivity contribution is 6.30. The molecule has 0 aliphatic heterocycles. The number of halogens is 3. The van der Waals surface area contributed by atoms with Gasteiger partial charge in [0.25, 0.3) is 0 Å². The molecule has 5 heteroatoms. The van der Waals surface area contributed by atoms with Crippen LogP contribution in [0.3, 0.4) is 0 Å². The lowest BCUT2D eigenvalue weighted by Crippen LogP contribution is -1.83. The van der Waals surface area contributed by atoms with Crippen molar-refractivity contribution in [3.05, 3.63) is 58.6 Å². The summed E-state index contributed by atoms with van der Waals surface area (Å²) < 4.78 is 25.8. The second-order valence-electron chi connectivity index (χ2n) is 3.59. The van der Waals surface area contributed by atoms with Gasteiger partial charge in [0.1, 0.15) is 17.4 Å². The van der Waals surface area contributed by atoms with Crippen LogP contribution in [-0.4, -0.2) is 11.3 Å². The summed E-state index contributed by atoms with van der Waals surface area (Å²) in [6.07, 6.45) is 1.29. The van der Waals surface area contributed by atoms with Gasteiger partial charge in [0.15, 0.2) is 0 Å². The Labute approximate surface area is 107 Å². The maximum Gasteiger partial charge on any atom is 0.128 e. The van der Waals surface area contributed by atoms with Crippen LogP contribution >= 0.6 is 11.6 Å². The van der Waals surface area contributed by atoms with Gasteiger partial charge in [0.2, 0.25) is 0 Å². The highest BCUT2D eigenvalue weighted by Gasteiger charge is 2.01. The number of hydrogen-bond donors (Lipinski definition) is 1. The number of aromatic hydroxyl groups is 1. The van der Waals surface area contributed by atoms with E-state index in [2.05, 4.69) is 4.99 Å². The number of phenolic OH excluding ortho intramolecular Hbond substituents is 1. The molecule has 18 heavy (non-hydrogen) atoms. The van der Waals surface area contributed by atoms with Gasteiger partial charge in [0, 0.05) is 22.9 Å². The first kappa shape index (κ1) is 12.5. The first-order chi connectivity index (χ1) is 8.54. The molecule has 2 rings (SSSR count). The summed E-state index contributed by atoms with van der Waals surface area (Å²) in [7, 11) is 0. The summed E-state index contributed by atoms with van der Waals surface area (Å²) in [6, 6.07) is 7.36. The van der Waals surface area contributed by atoms with E-state index in [0.29, 0.717) is 10.6 Å². The molecule has 0 atom stereocenters. The molecule has 92 valence electrons. The molecule has 0 saturated carbocycles. The van der Waals surface area contributed by atoms with E-state index >= 15 is 0 Å². The van der Waals surface area contributed by atoms with Crippen molar-refractivity contribution < 1.29 is 13.9 Å².